The van der Waals surface area contributed by atoms with Crippen molar-refractivity contribution >= 4 is 11.3 Å². The van der Waals surface area contributed by atoms with E-state index >= 15 is 0 Å². The fraction of sp³-hybridized carbons (Fsp3) is 0.667. The number of rotatable bonds is 4. The zero-order valence-electron chi connectivity index (χ0n) is 9.29. The van der Waals surface area contributed by atoms with Crippen LogP contribution in [-0.4, -0.2) is 6.10 Å². The molecule has 0 saturated heterocycles. The molecule has 2 nitrogen and oxygen atoms in total. The molecule has 1 aromatic heterocycles. The smallest absolute Gasteiger partial charge is 0.0731 e. The molecule has 1 aliphatic rings. The van der Waals surface area contributed by atoms with E-state index in [1.165, 1.54) is 41.0 Å². The summed E-state index contributed by atoms with van der Waals surface area (Å²) in [5.41, 5.74) is 6.95. The van der Waals surface area contributed by atoms with E-state index in [1.54, 1.807) is 11.3 Å². The van der Waals surface area contributed by atoms with Crippen LogP contribution in [0.2, 0.25) is 0 Å². The Morgan fingerprint density at radius 1 is 1.47 bits per heavy atom. The van der Waals surface area contributed by atoms with E-state index in [4.69, 9.17) is 10.5 Å². The number of thiophene rings is 1. The van der Waals surface area contributed by atoms with Crippen LogP contribution in [0.1, 0.15) is 41.0 Å². The van der Waals surface area contributed by atoms with Gasteiger partial charge in [0.05, 0.1) is 12.7 Å². The van der Waals surface area contributed by atoms with Gasteiger partial charge in [0.2, 0.25) is 0 Å². The summed E-state index contributed by atoms with van der Waals surface area (Å²) in [6.07, 6.45) is 5.66. The number of nitrogens with two attached hydrogens (primary N) is 1. The molecule has 0 amide bonds. The van der Waals surface area contributed by atoms with Gasteiger partial charge in [0.15, 0.2) is 0 Å². The van der Waals surface area contributed by atoms with Crippen molar-refractivity contribution in [2.45, 2.75) is 51.9 Å². The van der Waals surface area contributed by atoms with Crippen LogP contribution in [-0.2, 0) is 17.9 Å². The molecule has 1 fully saturated rings. The molecule has 0 aromatic carbocycles. The minimum absolute atomic E-state index is 0.505. The zero-order chi connectivity index (χ0) is 10.7. The third kappa shape index (κ3) is 2.80. The minimum atomic E-state index is 0.505. The van der Waals surface area contributed by atoms with Crippen LogP contribution in [0, 0.1) is 6.92 Å². The number of hydrogen-bond donors (Lipinski definition) is 1. The van der Waals surface area contributed by atoms with Crippen molar-refractivity contribution in [3.05, 3.63) is 21.4 Å². The lowest BCUT2D eigenvalue weighted by Crippen LogP contribution is -2.07. The Balaban J connectivity index is 1.89. The highest BCUT2D eigenvalue weighted by Crippen LogP contribution is 2.25. The first-order valence-electron chi connectivity index (χ1n) is 5.69. The van der Waals surface area contributed by atoms with Crippen LogP contribution in [0.3, 0.4) is 0 Å². The van der Waals surface area contributed by atoms with Crippen molar-refractivity contribution < 1.29 is 4.74 Å². The normalized spacial score (nSPS) is 17.5. The average Bonchev–Trinajstić information content (AvgIpc) is 2.84. The Kier molecular flexibility index (Phi) is 3.78. The summed E-state index contributed by atoms with van der Waals surface area (Å²) in [5, 5.41) is 0. The van der Waals surface area contributed by atoms with Gasteiger partial charge in [-0.25, -0.2) is 0 Å². The van der Waals surface area contributed by atoms with Gasteiger partial charge in [-0.2, -0.15) is 0 Å². The van der Waals surface area contributed by atoms with Crippen molar-refractivity contribution in [1.82, 2.24) is 0 Å². The summed E-state index contributed by atoms with van der Waals surface area (Å²) >= 11 is 1.79. The van der Waals surface area contributed by atoms with E-state index in [0.717, 1.165) is 6.61 Å². The Morgan fingerprint density at radius 2 is 2.20 bits per heavy atom. The van der Waals surface area contributed by atoms with E-state index in [1.807, 2.05) is 0 Å². The fourth-order valence-corrected chi connectivity index (χ4v) is 3.02. The van der Waals surface area contributed by atoms with Crippen molar-refractivity contribution in [2.75, 3.05) is 0 Å². The molecule has 1 aromatic rings. The molecule has 0 spiro atoms. The summed E-state index contributed by atoms with van der Waals surface area (Å²) in [7, 11) is 0. The molecule has 0 radical (unpaired) electrons. The third-order valence-electron chi connectivity index (χ3n) is 3.05. The largest absolute Gasteiger partial charge is 0.374 e. The predicted molar refractivity (Wildman–Crippen MR) is 64.0 cm³/mol. The van der Waals surface area contributed by atoms with Crippen LogP contribution in [0.4, 0.5) is 0 Å². The van der Waals surface area contributed by atoms with Gasteiger partial charge in [-0.1, -0.05) is 12.8 Å². The van der Waals surface area contributed by atoms with Crippen LogP contribution in [0.5, 0.6) is 0 Å². The highest BCUT2D eigenvalue weighted by molar-refractivity contribution is 7.12. The number of hydrogen-bond acceptors (Lipinski definition) is 3. The second-order valence-corrected chi connectivity index (χ2v) is 5.56. The van der Waals surface area contributed by atoms with Crippen molar-refractivity contribution in [3.63, 3.8) is 0 Å². The average molecular weight is 225 g/mol. The molecule has 1 heterocycles. The van der Waals surface area contributed by atoms with Gasteiger partial charge in [-0.05, 0) is 31.4 Å². The fourth-order valence-electron chi connectivity index (χ4n) is 2.09. The quantitative estimate of drug-likeness (QED) is 0.855. The van der Waals surface area contributed by atoms with Gasteiger partial charge in [0, 0.05) is 16.3 Å². The molecule has 0 unspecified atom stereocenters. The maximum absolute atomic E-state index is 5.89. The van der Waals surface area contributed by atoms with E-state index in [0.29, 0.717) is 12.6 Å². The molecule has 0 bridgehead atoms. The Bertz CT molecular complexity index is 315. The first kappa shape index (κ1) is 11.1. The summed E-state index contributed by atoms with van der Waals surface area (Å²) in [5.74, 6) is 0. The van der Waals surface area contributed by atoms with Gasteiger partial charge < -0.3 is 10.5 Å². The van der Waals surface area contributed by atoms with E-state index < -0.39 is 0 Å². The lowest BCUT2D eigenvalue weighted by molar-refractivity contribution is 0.0456. The first-order valence-corrected chi connectivity index (χ1v) is 6.51. The molecule has 3 heteroatoms. The first-order chi connectivity index (χ1) is 7.29. The number of ether oxygens (including phenoxy) is 1. The molecular weight excluding hydrogens is 206 g/mol. The standard InChI is InChI=1S/C12H19NOS/c1-9-10(6-12(7-13)15-9)8-14-11-4-2-3-5-11/h6,11H,2-5,7-8,13H2,1H3. The van der Waals surface area contributed by atoms with E-state index in [2.05, 4.69) is 13.0 Å². The second kappa shape index (κ2) is 5.10. The molecule has 1 saturated carbocycles. The van der Waals surface area contributed by atoms with E-state index in [9.17, 15) is 0 Å². The van der Waals surface area contributed by atoms with Gasteiger partial charge in [-0.15, -0.1) is 11.3 Å². The summed E-state index contributed by atoms with van der Waals surface area (Å²) in [6, 6.07) is 2.19. The van der Waals surface area contributed by atoms with Crippen LogP contribution in [0.25, 0.3) is 0 Å². The van der Waals surface area contributed by atoms with Gasteiger partial charge in [0.25, 0.3) is 0 Å². The SMILES string of the molecule is Cc1sc(CN)cc1COC1CCCC1. The molecule has 84 valence electrons. The highest BCUT2D eigenvalue weighted by Gasteiger charge is 2.16. The maximum Gasteiger partial charge on any atom is 0.0731 e. The third-order valence-corrected chi connectivity index (χ3v) is 4.16. The monoisotopic (exact) mass is 225 g/mol. The number of aryl methyl sites for hydroxylation is 1. The highest BCUT2D eigenvalue weighted by atomic mass is 32.1. The Hall–Kier alpha value is -0.380. The Labute approximate surface area is 95.4 Å². The molecule has 0 atom stereocenters. The minimum Gasteiger partial charge on any atom is -0.374 e. The molecule has 0 aliphatic heterocycles. The van der Waals surface area contributed by atoms with Gasteiger partial charge >= 0.3 is 0 Å². The second-order valence-electron chi connectivity index (χ2n) is 4.22. The van der Waals surface area contributed by atoms with Crippen molar-refractivity contribution in [2.24, 2.45) is 5.73 Å². The lowest BCUT2D eigenvalue weighted by atomic mass is 10.2. The van der Waals surface area contributed by atoms with Crippen molar-refractivity contribution in [1.29, 1.82) is 0 Å². The Morgan fingerprint density at radius 3 is 2.80 bits per heavy atom. The van der Waals surface area contributed by atoms with Gasteiger partial charge in [-0.3, -0.25) is 0 Å². The van der Waals surface area contributed by atoms with Crippen LogP contribution in [0.15, 0.2) is 6.07 Å². The molecular formula is C12H19NOS. The summed E-state index contributed by atoms with van der Waals surface area (Å²) in [6.45, 7) is 3.57. The van der Waals surface area contributed by atoms with Crippen LogP contribution >= 0.6 is 11.3 Å². The predicted octanol–water partition coefficient (Wildman–Crippen LogP) is 2.97. The zero-order valence-corrected chi connectivity index (χ0v) is 10.1. The topological polar surface area (TPSA) is 35.2 Å². The van der Waals surface area contributed by atoms with Crippen LogP contribution < -0.4 is 5.73 Å². The van der Waals surface area contributed by atoms with Gasteiger partial charge in [0.1, 0.15) is 0 Å². The summed E-state index contributed by atoms with van der Waals surface area (Å²) in [4.78, 5) is 2.62. The molecule has 2 N–H and O–H groups in total. The molecule has 15 heavy (non-hydrogen) atoms. The molecule has 1 aliphatic carbocycles. The molecule has 2 rings (SSSR count). The lowest BCUT2D eigenvalue weighted by Gasteiger charge is -2.10. The van der Waals surface area contributed by atoms with E-state index in [-0.39, 0.29) is 0 Å². The van der Waals surface area contributed by atoms with Crippen molar-refractivity contribution in [3.8, 4) is 0 Å². The maximum atomic E-state index is 5.89. The summed E-state index contributed by atoms with van der Waals surface area (Å²) < 4.78 is 5.89.